The lowest BCUT2D eigenvalue weighted by molar-refractivity contribution is 0.0912. The Morgan fingerprint density at radius 3 is 2.54 bits per heavy atom. The first kappa shape index (κ1) is 16.5. The van der Waals surface area contributed by atoms with Gasteiger partial charge in [0, 0.05) is 24.4 Å². The first-order valence-corrected chi connectivity index (χ1v) is 8.63. The molecule has 0 spiro atoms. The van der Waals surface area contributed by atoms with E-state index < -0.39 is 0 Å². The summed E-state index contributed by atoms with van der Waals surface area (Å²) >= 11 is 0. The van der Waals surface area contributed by atoms with Gasteiger partial charge in [0.15, 0.2) is 11.5 Å². The van der Waals surface area contributed by atoms with Gasteiger partial charge in [-0.2, -0.15) is 0 Å². The second-order valence-corrected chi connectivity index (χ2v) is 6.40. The van der Waals surface area contributed by atoms with Gasteiger partial charge < -0.3 is 9.73 Å². The molecule has 1 heterocycles. The number of hydrogen-bond donors (Lipinski definition) is 1. The number of carbonyl (C=O) groups is 2. The molecular formula is C20H23NO3. The monoisotopic (exact) mass is 325 g/mol. The molecule has 24 heavy (non-hydrogen) atoms. The van der Waals surface area contributed by atoms with Crippen molar-refractivity contribution in [2.24, 2.45) is 0 Å². The molecule has 3 rings (SSSR count). The third-order valence-electron chi connectivity index (χ3n) is 4.73. The zero-order valence-corrected chi connectivity index (χ0v) is 14.2. The number of furan rings is 1. The summed E-state index contributed by atoms with van der Waals surface area (Å²) in [6.45, 7) is 3.79. The van der Waals surface area contributed by atoms with E-state index in [0.29, 0.717) is 17.7 Å². The van der Waals surface area contributed by atoms with Gasteiger partial charge in [-0.1, -0.05) is 44.2 Å². The van der Waals surface area contributed by atoms with Crippen LogP contribution in [0.25, 0.3) is 0 Å². The zero-order valence-electron chi connectivity index (χ0n) is 14.2. The van der Waals surface area contributed by atoms with Gasteiger partial charge in [0.05, 0.1) is 5.56 Å². The summed E-state index contributed by atoms with van der Waals surface area (Å²) < 4.78 is 5.83. The molecule has 1 N–H and O–H groups in total. The van der Waals surface area contributed by atoms with E-state index in [4.69, 9.17) is 4.42 Å². The lowest BCUT2D eigenvalue weighted by atomic mass is 9.92. The summed E-state index contributed by atoms with van der Waals surface area (Å²) in [5.41, 5.74) is 1.54. The van der Waals surface area contributed by atoms with Crippen molar-refractivity contribution >= 4 is 11.7 Å². The van der Waals surface area contributed by atoms with Crippen molar-refractivity contribution in [2.45, 2.75) is 51.5 Å². The van der Waals surface area contributed by atoms with Crippen LogP contribution in [0.2, 0.25) is 0 Å². The molecular weight excluding hydrogens is 302 g/mol. The second-order valence-electron chi connectivity index (χ2n) is 6.40. The lowest BCUT2D eigenvalue weighted by Crippen LogP contribution is -2.39. The number of benzene rings is 1. The quantitative estimate of drug-likeness (QED) is 0.805. The van der Waals surface area contributed by atoms with E-state index >= 15 is 0 Å². The van der Waals surface area contributed by atoms with Crippen LogP contribution in [0.4, 0.5) is 0 Å². The summed E-state index contributed by atoms with van der Waals surface area (Å²) in [5, 5.41) is 3.04. The first-order chi connectivity index (χ1) is 11.6. The Hall–Kier alpha value is -2.36. The predicted molar refractivity (Wildman–Crippen MR) is 92.4 cm³/mol. The number of nitrogens with one attached hydrogen (secondary N) is 1. The van der Waals surface area contributed by atoms with Gasteiger partial charge in [0.1, 0.15) is 5.76 Å². The summed E-state index contributed by atoms with van der Waals surface area (Å²) in [6.07, 6.45) is 3.56. The fraction of sp³-hybridized carbons (Fsp3) is 0.400. The van der Waals surface area contributed by atoms with Crippen molar-refractivity contribution in [3.05, 3.63) is 59.0 Å². The minimum Gasteiger partial charge on any atom is -0.456 e. The molecule has 1 aromatic carbocycles. The number of ketones is 1. The number of rotatable bonds is 6. The maximum Gasteiger partial charge on any atom is 0.255 e. The van der Waals surface area contributed by atoms with Crippen molar-refractivity contribution in [3.8, 4) is 0 Å². The van der Waals surface area contributed by atoms with Crippen LogP contribution in [0.15, 0.2) is 40.8 Å². The van der Waals surface area contributed by atoms with Crippen LogP contribution in [0.1, 0.15) is 77.7 Å². The summed E-state index contributed by atoms with van der Waals surface area (Å²) in [6, 6.07) is 11.7. The minimum absolute atomic E-state index is 0.0841. The van der Waals surface area contributed by atoms with Crippen LogP contribution < -0.4 is 5.32 Å². The van der Waals surface area contributed by atoms with E-state index in [0.717, 1.165) is 24.8 Å². The van der Waals surface area contributed by atoms with Crippen molar-refractivity contribution in [1.82, 2.24) is 5.32 Å². The average Bonchev–Trinajstić information content (AvgIpc) is 3.02. The highest BCUT2D eigenvalue weighted by Gasteiger charge is 2.27. The molecule has 1 fully saturated rings. The van der Waals surface area contributed by atoms with Gasteiger partial charge >= 0.3 is 0 Å². The van der Waals surface area contributed by atoms with Crippen molar-refractivity contribution in [2.75, 3.05) is 0 Å². The summed E-state index contributed by atoms with van der Waals surface area (Å²) in [7, 11) is 0. The van der Waals surface area contributed by atoms with Crippen LogP contribution in [-0.4, -0.2) is 17.7 Å². The Balaban J connectivity index is 1.94. The van der Waals surface area contributed by atoms with Crippen LogP contribution in [-0.2, 0) is 0 Å². The summed E-state index contributed by atoms with van der Waals surface area (Å²) in [5.74, 6) is 0.520. The maximum atomic E-state index is 12.6. The van der Waals surface area contributed by atoms with E-state index in [1.165, 1.54) is 0 Å². The smallest absolute Gasteiger partial charge is 0.255 e. The SMILES string of the molecule is CCC(=O)c1cc(C(=O)NC2CCC2)c([C@@H](C)c2ccccc2)o1. The van der Waals surface area contributed by atoms with Gasteiger partial charge in [-0.25, -0.2) is 0 Å². The van der Waals surface area contributed by atoms with E-state index in [1.54, 1.807) is 13.0 Å². The van der Waals surface area contributed by atoms with Crippen LogP contribution in [0, 0.1) is 0 Å². The number of carbonyl (C=O) groups excluding carboxylic acids is 2. The van der Waals surface area contributed by atoms with E-state index in [1.807, 2.05) is 37.3 Å². The highest BCUT2D eigenvalue weighted by molar-refractivity contribution is 6.00. The van der Waals surface area contributed by atoms with E-state index in [-0.39, 0.29) is 29.4 Å². The third kappa shape index (κ3) is 3.28. The van der Waals surface area contributed by atoms with Gasteiger partial charge in [-0.15, -0.1) is 0 Å². The molecule has 0 saturated heterocycles. The number of hydrogen-bond acceptors (Lipinski definition) is 3. The van der Waals surface area contributed by atoms with Gasteiger partial charge in [0.2, 0.25) is 0 Å². The topological polar surface area (TPSA) is 59.3 Å². The fourth-order valence-electron chi connectivity index (χ4n) is 2.92. The molecule has 0 bridgehead atoms. The maximum absolute atomic E-state index is 12.6. The highest BCUT2D eigenvalue weighted by atomic mass is 16.3. The molecule has 126 valence electrons. The van der Waals surface area contributed by atoms with Crippen molar-refractivity contribution in [1.29, 1.82) is 0 Å². The van der Waals surface area contributed by atoms with Crippen molar-refractivity contribution in [3.63, 3.8) is 0 Å². The number of amides is 1. The van der Waals surface area contributed by atoms with Crippen LogP contribution >= 0.6 is 0 Å². The van der Waals surface area contributed by atoms with E-state index in [2.05, 4.69) is 5.32 Å². The molecule has 1 saturated carbocycles. The molecule has 4 heteroatoms. The Morgan fingerprint density at radius 2 is 1.96 bits per heavy atom. The molecule has 1 aromatic heterocycles. The molecule has 1 aliphatic carbocycles. The van der Waals surface area contributed by atoms with E-state index in [9.17, 15) is 9.59 Å². The molecule has 4 nitrogen and oxygen atoms in total. The largest absolute Gasteiger partial charge is 0.456 e. The molecule has 0 radical (unpaired) electrons. The Labute approximate surface area is 142 Å². The fourth-order valence-corrected chi connectivity index (χ4v) is 2.92. The van der Waals surface area contributed by atoms with Crippen molar-refractivity contribution < 1.29 is 14.0 Å². The predicted octanol–water partition coefficient (Wildman–Crippen LogP) is 4.31. The zero-order chi connectivity index (χ0) is 17.1. The first-order valence-electron chi connectivity index (χ1n) is 8.63. The Bertz CT molecular complexity index is 729. The minimum atomic E-state index is -0.142. The highest BCUT2D eigenvalue weighted by Crippen LogP contribution is 2.30. The van der Waals surface area contributed by atoms with Crippen LogP contribution in [0.3, 0.4) is 0 Å². The Morgan fingerprint density at radius 1 is 1.25 bits per heavy atom. The lowest BCUT2D eigenvalue weighted by Gasteiger charge is -2.26. The molecule has 0 unspecified atom stereocenters. The average molecular weight is 325 g/mol. The summed E-state index contributed by atoms with van der Waals surface area (Å²) in [4.78, 5) is 24.7. The van der Waals surface area contributed by atoms with Crippen LogP contribution in [0.5, 0.6) is 0 Å². The van der Waals surface area contributed by atoms with Gasteiger partial charge in [-0.3, -0.25) is 9.59 Å². The molecule has 1 aliphatic rings. The number of Topliss-reactive ketones (excluding diaryl/α,β-unsaturated/α-hetero) is 1. The molecule has 1 atom stereocenters. The second kappa shape index (κ2) is 7.04. The Kier molecular flexibility index (Phi) is 4.84. The third-order valence-corrected chi connectivity index (χ3v) is 4.73. The van der Waals surface area contributed by atoms with Gasteiger partial charge in [-0.05, 0) is 24.8 Å². The molecule has 0 aliphatic heterocycles. The standard InChI is InChI=1S/C20H23NO3/c1-3-17(22)18-12-16(20(23)21-15-10-7-11-15)19(24-18)13(2)14-8-5-4-6-9-14/h4-6,8-9,12-13,15H,3,7,10-11H2,1-2H3,(H,21,23)/t13-/m0/s1. The molecule has 1 amide bonds. The normalized spacial score (nSPS) is 15.6. The molecule has 2 aromatic rings. The van der Waals surface area contributed by atoms with Gasteiger partial charge in [0.25, 0.3) is 5.91 Å².